The van der Waals surface area contributed by atoms with E-state index < -0.39 is 0 Å². The smallest absolute Gasteiger partial charge is 0.333 e. The third-order valence-electron chi connectivity index (χ3n) is 4.42. The van der Waals surface area contributed by atoms with Gasteiger partial charge in [0.2, 0.25) is 5.82 Å². The Morgan fingerprint density at radius 2 is 2.12 bits per heavy atom. The maximum absolute atomic E-state index is 11.4. The molecule has 3 heterocycles. The SMILES string of the molecule is CCc1nn(C)c(NC2CCN(c3ccccn3)CC2)c1[N+](=O)[O-]. The lowest BCUT2D eigenvalue weighted by Gasteiger charge is -2.33. The Kier molecular flexibility index (Phi) is 4.64. The van der Waals surface area contributed by atoms with Crippen LogP contribution >= 0.6 is 0 Å². The van der Waals surface area contributed by atoms with Crippen molar-refractivity contribution in [1.82, 2.24) is 14.8 Å². The molecule has 1 saturated heterocycles. The Morgan fingerprint density at radius 3 is 2.71 bits per heavy atom. The van der Waals surface area contributed by atoms with Gasteiger partial charge in [-0.25, -0.2) is 9.67 Å². The Bertz CT molecular complexity index is 707. The molecule has 0 radical (unpaired) electrons. The van der Waals surface area contributed by atoms with E-state index in [0.29, 0.717) is 17.9 Å². The Balaban J connectivity index is 1.69. The maximum atomic E-state index is 11.4. The van der Waals surface area contributed by atoms with Gasteiger partial charge in [-0.1, -0.05) is 13.0 Å². The van der Waals surface area contributed by atoms with Gasteiger partial charge < -0.3 is 10.2 Å². The summed E-state index contributed by atoms with van der Waals surface area (Å²) in [5.74, 6) is 1.49. The summed E-state index contributed by atoms with van der Waals surface area (Å²) in [5.41, 5.74) is 0.628. The topological polar surface area (TPSA) is 89.1 Å². The molecule has 1 fully saturated rings. The molecule has 2 aromatic heterocycles. The molecule has 0 atom stereocenters. The molecular weight excluding hydrogens is 308 g/mol. The number of nitrogens with one attached hydrogen (secondary N) is 1. The second kappa shape index (κ2) is 6.86. The predicted molar refractivity (Wildman–Crippen MR) is 92.3 cm³/mol. The predicted octanol–water partition coefficient (Wildman–Crippen LogP) is 2.37. The van der Waals surface area contributed by atoms with E-state index in [1.807, 2.05) is 25.1 Å². The average molecular weight is 330 g/mol. The number of rotatable bonds is 5. The van der Waals surface area contributed by atoms with Gasteiger partial charge in [-0.2, -0.15) is 5.10 Å². The van der Waals surface area contributed by atoms with Crippen molar-refractivity contribution in [1.29, 1.82) is 0 Å². The number of pyridine rings is 1. The number of aryl methyl sites for hydroxylation is 2. The van der Waals surface area contributed by atoms with Crippen LogP contribution in [0.15, 0.2) is 24.4 Å². The highest BCUT2D eigenvalue weighted by molar-refractivity contribution is 5.60. The molecule has 2 aromatic rings. The van der Waals surface area contributed by atoms with E-state index in [2.05, 4.69) is 20.3 Å². The van der Waals surface area contributed by atoms with Crippen LogP contribution in [0.5, 0.6) is 0 Å². The first kappa shape index (κ1) is 16.2. The Hall–Kier alpha value is -2.64. The fourth-order valence-electron chi connectivity index (χ4n) is 3.15. The van der Waals surface area contributed by atoms with E-state index in [4.69, 9.17) is 0 Å². The van der Waals surface area contributed by atoms with Gasteiger partial charge in [0.1, 0.15) is 11.5 Å². The molecule has 1 aliphatic rings. The molecule has 8 nitrogen and oxygen atoms in total. The normalized spacial score (nSPS) is 15.5. The van der Waals surface area contributed by atoms with Crippen molar-refractivity contribution >= 4 is 17.3 Å². The van der Waals surface area contributed by atoms with Crippen LogP contribution < -0.4 is 10.2 Å². The molecule has 0 aliphatic carbocycles. The molecule has 3 rings (SSSR count). The summed E-state index contributed by atoms with van der Waals surface area (Å²) >= 11 is 0. The number of anilines is 2. The fourth-order valence-corrected chi connectivity index (χ4v) is 3.15. The number of hydrogen-bond acceptors (Lipinski definition) is 6. The van der Waals surface area contributed by atoms with Crippen LogP contribution in [0.25, 0.3) is 0 Å². The van der Waals surface area contributed by atoms with Crippen LogP contribution in [-0.2, 0) is 13.5 Å². The quantitative estimate of drug-likeness (QED) is 0.669. The van der Waals surface area contributed by atoms with Crippen LogP contribution in [0.1, 0.15) is 25.5 Å². The van der Waals surface area contributed by atoms with Crippen molar-refractivity contribution in [2.24, 2.45) is 7.05 Å². The molecule has 1 N–H and O–H groups in total. The van der Waals surface area contributed by atoms with Gasteiger partial charge in [-0.15, -0.1) is 0 Å². The van der Waals surface area contributed by atoms with Crippen LogP contribution in [0.3, 0.4) is 0 Å². The lowest BCUT2D eigenvalue weighted by molar-refractivity contribution is -0.384. The first-order valence-electron chi connectivity index (χ1n) is 8.23. The summed E-state index contributed by atoms with van der Waals surface area (Å²) in [7, 11) is 1.75. The zero-order valence-electron chi connectivity index (χ0n) is 14.0. The molecule has 0 bridgehead atoms. The number of nitro groups is 1. The fraction of sp³-hybridized carbons (Fsp3) is 0.500. The molecular formula is C16H22N6O2. The van der Waals surface area contributed by atoms with E-state index in [-0.39, 0.29) is 16.7 Å². The molecule has 0 saturated carbocycles. The third-order valence-corrected chi connectivity index (χ3v) is 4.42. The molecule has 1 aliphatic heterocycles. The van der Waals surface area contributed by atoms with Crippen molar-refractivity contribution < 1.29 is 4.92 Å². The molecule has 24 heavy (non-hydrogen) atoms. The average Bonchev–Trinajstić information content (AvgIpc) is 2.92. The van der Waals surface area contributed by atoms with Crippen LogP contribution in [0.2, 0.25) is 0 Å². The number of hydrogen-bond donors (Lipinski definition) is 1. The summed E-state index contributed by atoms with van der Waals surface area (Å²) in [6.45, 7) is 3.63. The number of piperidine rings is 1. The lowest BCUT2D eigenvalue weighted by Crippen LogP contribution is -2.39. The summed E-state index contributed by atoms with van der Waals surface area (Å²) in [4.78, 5) is 17.7. The van der Waals surface area contributed by atoms with Crippen LogP contribution in [0.4, 0.5) is 17.3 Å². The van der Waals surface area contributed by atoms with Gasteiger partial charge in [0.15, 0.2) is 0 Å². The molecule has 0 spiro atoms. The molecule has 8 heteroatoms. The largest absolute Gasteiger partial charge is 0.362 e. The monoisotopic (exact) mass is 330 g/mol. The molecule has 0 aromatic carbocycles. The van der Waals surface area contributed by atoms with Crippen molar-refractivity contribution in [3.05, 3.63) is 40.2 Å². The standard InChI is InChI=1S/C16H22N6O2/c1-3-13-15(22(23)24)16(20(2)19-13)18-12-7-10-21(11-8-12)14-6-4-5-9-17-14/h4-6,9,12,18H,3,7-8,10-11H2,1-2H3. The van der Waals surface area contributed by atoms with Crippen LogP contribution in [0, 0.1) is 10.1 Å². The van der Waals surface area contributed by atoms with Gasteiger partial charge in [0.05, 0.1) is 4.92 Å². The Labute approximate surface area is 140 Å². The van der Waals surface area contributed by atoms with E-state index >= 15 is 0 Å². The molecule has 0 amide bonds. The van der Waals surface area contributed by atoms with E-state index in [0.717, 1.165) is 31.7 Å². The van der Waals surface area contributed by atoms with Gasteiger partial charge >= 0.3 is 5.69 Å². The van der Waals surface area contributed by atoms with Crippen LogP contribution in [-0.4, -0.2) is 38.8 Å². The lowest BCUT2D eigenvalue weighted by atomic mass is 10.0. The summed E-state index contributed by atoms with van der Waals surface area (Å²) in [6, 6.07) is 6.10. The molecule has 128 valence electrons. The van der Waals surface area contributed by atoms with Gasteiger partial charge in [0, 0.05) is 32.4 Å². The van der Waals surface area contributed by atoms with Crippen molar-refractivity contribution in [2.75, 3.05) is 23.3 Å². The zero-order valence-corrected chi connectivity index (χ0v) is 14.0. The van der Waals surface area contributed by atoms with Gasteiger partial charge in [0.25, 0.3) is 0 Å². The second-order valence-corrected chi connectivity index (χ2v) is 5.97. The number of aromatic nitrogens is 3. The van der Waals surface area contributed by atoms with Gasteiger partial charge in [-0.3, -0.25) is 10.1 Å². The molecule has 0 unspecified atom stereocenters. The van der Waals surface area contributed by atoms with Crippen molar-refractivity contribution in [2.45, 2.75) is 32.2 Å². The minimum absolute atomic E-state index is 0.104. The highest BCUT2D eigenvalue weighted by Crippen LogP contribution is 2.30. The zero-order chi connectivity index (χ0) is 17.1. The maximum Gasteiger partial charge on any atom is 0.333 e. The third kappa shape index (κ3) is 3.17. The van der Waals surface area contributed by atoms with Crippen molar-refractivity contribution in [3.8, 4) is 0 Å². The Morgan fingerprint density at radius 1 is 1.38 bits per heavy atom. The minimum Gasteiger partial charge on any atom is -0.362 e. The highest BCUT2D eigenvalue weighted by atomic mass is 16.6. The number of nitrogens with zero attached hydrogens (tertiary/aromatic N) is 5. The summed E-state index contributed by atoms with van der Waals surface area (Å²) in [5, 5.41) is 19.0. The van der Waals surface area contributed by atoms with E-state index in [1.165, 1.54) is 0 Å². The first-order chi connectivity index (χ1) is 11.6. The second-order valence-electron chi connectivity index (χ2n) is 5.97. The highest BCUT2D eigenvalue weighted by Gasteiger charge is 2.28. The van der Waals surface area contributed by atoms with E-state index in [9.17, 15) is 10.1 Å². The van der Waals surface area contributed by atoms with Crippen molar-refractivity contribution in [3.63, 3.8) is 0 Å². The first-order valence-corrected chi connectivity index (χ1v) is 8.23. The minimum atomic E-state index is -0.336. The van der Waals surface area contributed by atoms with E-state index in [1.54, 1.807) is 17.9 Å². The summed E-state index contributed by atoms with van der Waals surface area (Å²) < 4.78 is 1.59. The van der Waals surface area contributed by atoms with Gasteiger partial charge in [-0.05, 0) is 31.4 Å². The summed E-state index contributed by atoms with van der Waals surface area (Å²) in [6.07, 6.45) is 4.15.